The lowest BCUT2D eigenvalue weighted by atomic mass is 10.1. The van der Waals surface area contributed by atoms with Crippen LogP contribution < -0.4 is 9.62 Å². The molecule has 6 nitrogen and oxygen atoms in total. The van der Waals surface area contributed by atoms with Crippen molar-refractivity contribution in [2.24, 2.45) is 0 Å². The molecule has 0 aromatic heterocycles. The van der Waals surface area contributed by atoms with Crippen molar-refractivity contribution >= 4 is 21.8 Å². The highest BCUT2D eigenvalue weighted by Crippen LogP contribution is 2.24. The van der Waals surface area contributed by atoms with Crippen molar-refractivity contribution in [2.75, 3.05) is 23.7 Å². The zero-order valence-corrected chi connectivity index (χ0v) is 16.3. The molecule has 7 heteroatoms. The van der Waals surface area contributed by atoms with Crippen LogP contribution in [0, 0.1) is 13.8 Å². The summed E-state index contributed by atoms with van der Waals surface area (Å²) in [5.41, 5.74) is 3.86. The molecule has 144 valence electrons. The summed E-state index contributed by atoms with van der Waals surface area (Å²) in [7, 11) is -3.44. The first-order valence-electron chi connectivity index (χ1n) is 8.90. The Hall–Kier alpha value is -2.38. The van der Waals surface area contributed by atoms with E-state index < -0.39 is 22.2 Å². The topological polar surface area (TPSA) is 75.7 Å². The number of nitrogens with one attached hydrogen (secondary N) is 1. The molecule has 0 spiro atoms. The minimum absolute atomic E-state index is 0.00152. The van der Waals surface area contributed by atoms with Crippen LogP contribution in [0.3, 0.4) is 0 Å². The number of anilines is 1. The highest BCUT2D eigenvalue weighted by Gasteiger charge is 2.33. The molecule has 1 saturated heterocycles. The van der Waals surface area contributed by atoms with Crippen LogP contribution >= 0.6 is 0 Å². The normalized spacial score (nSPS) is 17.2. The van der Waals surface area contributed by atoms with Crippen molar-refractivity contribution in [1.29, 1.82) is 0 Å². The van der Waals surface area contributed by atoms with E-state index in [2.05, 4.69) is 4.72 Å². The third-order valence-electron chi connectivity index (χ3n) is 4.43. The third-order valence-corrected chi connectivity index (χ3v) is 5.77. The van der Waals surface area contributed by atoms with E-state index in [0.717, 1.165) is 22.4 Å². The summed E-state index contributed by atoms with van der Waals surface area (Å²) < 4.78 is 32.3. The number of sulfonamides is 1. The first-order chi connectivity index (χ1) is 12.8. The summed E-state index contributed by atoms with van der Waals surface area (Å²) in [6.07, 6.45) is -0.520. The van der Waals surface area contributed by atoms with Crippen molar-refractivity contribution in [3.05, 3.63) is 65.2 Å². The van der Waals surface area contributed by atoms with Crippen LogP contribution in [0.25, 0.3) is 0 Å². The van der Waals surface area contributed by atoms with Gasteiger partial charge in [0.05, 0.1) is 12.3 Å². The molecule has 2 aromatic rings. The first-order valence-corrected chi connectivity index (χ1v) is 10.6. The summed E-state index contributed by atoms with van der Waals surface area (Å²) in [6, 6.07) is 15.3. The number of nitrogens with zero attached hydrogens (tertiary/aromatic N) is 1. The smallest absolute Gasteiger partial charge is 0.414 e. The number of amides is 1. The second-order valence-electron chi connectivity index (χ2n) is 6.87. The minimum atomic E-state index is -3.44. The fourth-order valence-corrected chi connectivity index (χ4v) is 4.22. The summed E-state index contributed by atoms with van der Waals surface area (Å²) in [5, 5.41) is 0. The summed E-state index contributed by atoms with van der Waals surface area (Å²) >= 11 is 0. The number of hydrogen-bond acceptors (Lipinski definition) is 4. The van der Waals surface area contributed by atoms with Gasteiger partial charge in [0.25, 0.3) is 0 Å². The molecule has 1 heterocycles. The van der Waals surface area contributed by atoms with E-state index in [-0.39, 0.29) is 12.3 Å². The van der Waals surface area contributed by atoms with Gasteiger partial charge in [0.1, 0.15) is 6.10 Å². The zero-order chi connectivity index (χ0) is 19.4. The van der Waals surface area contributed by atoms with E-state index in [1.165, 1.54) is 0 Å². The number of ether oxygens (including phenoxy) is 1. The van der Waals surface area contributed by atoms with Gasteiger partial charge in [0, 0.05) is 12.2 Å². The SMILES string of the molecule is Cc1cc(C)cc(N2CC(CNS(=O)(=O)CCc3ccccc3)OC2=O)c1. The molecule has 1 N–H and O–H groups in total. The predicted molar refractivity (Wildman–Crippen MR) is 105 cm³/mol. The van der Waals surface area contributed by atoms with Gasteiger partial charge in [-0.3, -0.25) is 4.90 Å². The van der Waals surface area contributed by atoms with E-state index in [4.69, 9.17) is 4.74 Å². The second kappa shape index (κ2) is 8.10. The van der Waals surface area contributed by atoms with Crippen LogP contribution in [-0.4, -0.2) is 39.5 Å². The molecule has 3 rings (SSSR count). The Morgan fingerprint density at radius 3 is 2.44 bits per heavy atom. The number of rotatable bonds is 7. The third kappa shape index (κ3) is 5.30. The largest absolute Gasteiger partial charge is 0.443 e. The molecule has 1 aliphatic heterocycles. The fourth-order valence-electron chi connectivity index (χ4n) is 3.13. The van der Waals surface area contributed by atoms with Crippen molar-refractivity contribution in [1.82, 2.24) is 4.72 Å². The molecule has 0 aliphatic carbocycles. The molecular formula is C20H24N2O4S. The average Bonchev–Trinajstić information content (AvgIpc) is 3.00. The average molecular weight is 388 g/mol. The Kier molecular flexibility index (Phi) is 5.82. The molecule has 1 amide bonds. The monoisotopic (exact) mass is 388 g/mol. The van der Waals surface area contributed by atoms with Crippen molar-refractivity contribution < 1.29 is 17.9 Å². The number of hydrogen-bond donors (Lipinski definition) is 1. The Bertz CT molecular complexity index is 893. The maximum absolute atomic E-state index is 12.2. The van der Waals surface area contributed by atoms with E-state index in [1.807, 2.05) is 62.4 Å². The molecule has 1 unspecified atom stereocenters. The van der Waals surface area contributed by atoms with E-state index in [0.29, 0.717) is 13.0 Å². The van der Waals surface area contributed by atoms with Crippen LogP contribution in [0.4, 0.5) is 10.5 Å². The highest BCUT2D eigenvalue weighted by atomic mass is 32.2. The lowest BCUT2D eigenvalue weighted by molar-refractivity contribution is 0.143. The lowest BCUT2D eigenvalue weighted by Crippen LogP contribution is -2.36. The zero-order valence-electron chi connectivity index (χ0n) is 15.5. The molecule has 0 bridgehead atoms. The molecule has 27 heavy (non-hydrogen) atoms. The van der Waals surface area contributed by atoms with Gasteiger partial charge < -0.3 is 4.74 Å². The molecular weight excluding hydrogens is 364 g/mol. The number of benzene rings is 2. The van der Waals surface area contributed by atoms with Gasteiger partial charge in [-0.2, -0.15) is 0 Å². The molecule has 1 atom stereocenters. The lowest BCUT2D eigenvalue weighted by Gasteiger charge is -2.15. The first kappa shape index (κ1) is 19.4. The molecule has 2 aromatic carbocycles. The number of aryl methyl sites for hydroxylation is 3. The van der Waals surface area contributed by atoms with Crippen LogP contribution in [0.1, 0.15) is 16.7 Å². The summed E-state index contributed by atoms with van der Waals surface area (Å²) in [4.78, 5) is 13.7. The predicted octanol–water partition coefficient (Wildman–Crippen LogP) is 2.79. The van der Waals surface area contributed by atoms with Crippen molar-refractivity contribution in [2.45, 2.75) is 26.4 Å². The van der Waals surface area contributed by atoms with Crippen LogP contribution in [0.5, 0.6) is 0 Å². The number of cyclic esters (lactones) is 1. The number of carbonyl (C=O) groups excluding carboxylic acids is 1. The molecule has 0 saturated carbocycles. The molecule has 1 fully saturated rings. The standard InChI is InChI=1S/C20H24N2O4S/c1-15-10-16(2)12-18(11-15)22-14-19(26-20(22)23)13-21-27(24,25)9-8-17-6-4-3-5-7-17/h3-7,10-12,19,21H,8-9,13-14H2,1-2H3. The maximum atomic E-state index is 12.2. The van der Waals surface area contributed by atoms with Gasteiger partial charge in [-0.05, 0) is 49.1 Å². The molecule has 1 aliphatic rings. The minimum Gasteiger partial charge on any atom is -0.443 e. The van der Waals surface area contributed by atoms with Gasteiger partial charge in [0.2, 0.25) is 10.0 Å². The van der Waals surface area contributed by atoms with Crippen LogP contribution in [0.2, 0.25) is 0 Å². The van der Waals surface area contributed by atoms with Crippen LogP contribution in [-0.2, 0) is 21.2 Å². The quantitative estimate of drug-likeness (QED) is 0.791. The van der Waals surface area contributed by atoms with E-state index in [9.17, 15) is 13.2 Å². The van der Waals surface area contributed by atoms with Gasteiger partial charge in [-0.15, -0.1) is 0 Å². The van der Waals surface area contributed by atoms with E-state index >= 15 is 0 Å². The van der Waals surface area contributed by atoms with Crippen molar-refractivity contribution in [3.8, 4) is 0 Å². The Labute approximate surface area is 160 Å². The van der Waals surface area contributed by atoms with E-state index in [1.54, 1.807) is 4.90 Å². The van der Waals surface area contributed by atoms with Gasteiger partial charge in [0.15, 0.2) is 0 Å². The highest BCUT2D eigenvalue weighted by molar-refractivity contribution is 7.89. The van der Waals surface area contributed by atoms with Gasteiger partial charge in [-0.1, -0.05) is 36.4 Å². The number of carbonyl (C=O) groups is 1. The van der Waals surface area contributed by atoms with Gasteiger partial charge in [-0.25, -0.2) is 17.9 Å². The van der Waals surface area contributed by atoms with Crippen molar-refractivity contribution in [3.63, 3.8) is 0 Å². The van der Waals surface area contributed by atoms with Crippen LogP contribution in [0.15, 0.2) is 48.5 Å². The maximum Gasteiger partial charge on any atom is 0.414 e. The second-order valence-corrected chi connectivity index (χ2v) is 8.79. The molecule has 0 radical (unpaired) electrons. The fraction of sp³-hybridized carbons (Fsp3) is 0.350. The Morgan fingerprint density at radius 1 is 1.11 bits per heavy atom. The summed E-state index contributed by atoms with van der Waals surface area (Å²) in [5.74, 6) is -0.00152. The summed E-state index contributed by atoms with van der Waals surface area (Å²) in [6.45, 7) is 4.33. The Balaban J connectivity index is 1.55. The van der Waals surface area contributed by atoms with Gasteiger partial charge >= 0.3 is 6.09 Å². The Morgan fingerprint density at radius 2 is 1.78 bits per heavy atom.